The van der Waals surface area contributed by atoms with E-state index in [2.05, 4.69) is 36.5 Å². The monoisotopic (exact) mass is 320 g/mol. The van der Waals surface area contributed by atoms with E-state index < -0.39 is 0 Å². The molecule has 0 atom stereocenters. The zero-order valence-corrected chi connectivity index (χ0v) is 13.7. The first kappa shape index (κ1) is 14.8. The van der Waals surface area contributed by atoms with E-state index in [9.17, 15) is 0 Å². The quantitative estimate of drug-likeness (QED) is 0.683. The lowest BCUT2D eigenvalue weighted by molar-refractivity contribution is 0.174. The summed E-state index contributed by atoms with van der Waals surface area (Å²) in [5, 5.41) is 4.71. The summed E-state index contributed by atoms with van der Waals surface area (Å²) < 4.78 is 10.9. The molecule has 1 N–H and O–H groups in total. The number of nitrogens with zero attached hydrogens (tertiary/aromatic N) is 1. The van der Waals surface area contributed by atoms with Crippen LogP contribution in [0.2, 0.25) is 0 Å². The minimum Gasteiger partial charge on any atom is -0.454 e. The number of benzene rings is 2. The number of unbranched alkanes of at least 4 members (excludes halogenated alkanes) is 1. The molecule has 1 aliphatic rings. The summed E-state index contributed by atoms with van der Waals surface area (Å²) >= 11 is 0. The van der Waals surface area contributed by atoms with Crippen molar-refractivity contribution in [1.29, 1.82) is 0 Å². The summed E-state index contributed by atoms with van der Waals surface area (Å²) in [5.41, 5.74) is 4.09. The second kappa shape index (κ2) is 6.40. The van der Waals surface area contributed by atoms with Gasteiger partial charge in [0.15, 0.2) is 11.5 Å². The third-order valence-electron chi connectivity index (χ3n) is 4.23. The average Bonchev–Trinajstić information content (AvgIpc) is 3.09. The predicted octanol–water partition coefficient (Wildman–Crippen LogP) is 4.84. The number of pyridine rings is 1. The van der Waals surface area contributed by atoms with E-state index in [1.807, 2.05) is 24.3 Å². The van der Waals surface area contributed by atoms with E-state index in [1.165, 1.54) is 6.42 Å². The summed E-state index contributed by atoms with van der Waals surface area (Å²) in [6, 6.07) is 16.3. The molecule has 4 rings (SSSR count). The van der Waals surface area contributed by atoms with Gasteiger partial charge in [0.05, 0.1) is 11.2 Å². The number of nitrogens with one attached hydrogen (secondary N) is 1. The summed E-state index contributed by atoms with van der Waals surface area (Å²) in [7, 11) is 0. The number of fused-ring (bicyclic) bond motifs is 2. The Bertz CT molecular complexity index is 877. The van der Waals surface area contributed by atoms with Crippen molar-refractivity contribution in [3.05, 3.63) is 48.5 Å². The predicted molar refractivity (Wildman–Crippen MR) is 96.7 cm³/mol. The molecule has 0 bridgehead atoms. The Hall–Kier alpha value is -2.75. The number of rotatable bonds is 5. The van der Waals surface area contributed by atoms with Crippen molar-refractivity contribution in [2.45, 2.75) is 19.8 Å². The van der Waals surface area contributed by atoms with Crippen LogP contribution in [-0.4, -0.2) is 18.3 Å². The average molecular weight is 320 g/mol. The number of aromatic nitrogens is 1. The molecule has 0 saturated heterocycles. The van der Waals surface area contributed by atoms with Crippen LogP contribution >= 0.6 is 0 Å². The molecule has 0 saturated carbocycles. The van der Waals surface area contributed by atoms with Crippen LogP contribution in [0.25, 0.3) is 22.2 Å². The molecule has 2 aromatic carbocycles. The van der Waals surface area contributed by atoms with E-state index >= 15 is 0 Å². The summed E-state index contributed by atoms with van der Waals surface area (Å²) in [6.07, 6.45) is 2.32. The minimum atomic E-state index is 0.285. The SMILES string of the molecule is CCCCNc1cc(-c2ccc3c(c2)OCO3)nc2ccccc12. The highest BCUT2D eigenvalue weighted by Crippen LogP contribution is 2.36. The van der Waals surface area contributed by atoms with Gasteiger partial charge in [-0.15, -0.1) is 0 Å². The molecule has 0 unspecified atom stereocenters. The zero-order chi connectivity index (χ0) is 16.4. The molecule has 0 fully saturated rings. The van der Waals surface area contributed by atoms with Crippen LogP contribution in [0.5, 0.6) is 11.5 Å². The van der Waals surface area contributed by atoms with Gasteiger partial charge in [-0.25, -0.2) is 4.98 Å². The van der Waals surface area contributed by atoms with Crippen molar-refractivity contribution in [3.8, 4) is 22.8 Å². The summed E-state index contributed by atoms with van der Waals surface area (Å²) in [5.74, 6) is 1.57. The Balaban J connectivity index is 1.77. The fourth-order valence-corrected chi connectivity index (χ4v) is 2.93. The van der Waals surface area contributed by atoms with Gasteiger partial charge in [-0.2, -0.15) is 0 Å². The van der Waals surface area contributed by atoms with E-state index in [4.69, 9.17) is 14.5 Å². The van der Waals surface area contributed by atoms with Crippen LogP contribution in [0.3, 0.4) is 0 Å². The number of anilines is 1. The Morgan fingerprint density at radius 2 is 1.92 bits per heavy atom. The third kappa shape index (κ3) is 2.75. The normalized spacial score (nSPS) is 12.5. The van der Waals surface area contributed by atoms with Gasteiger partial charge in [-0.1, -0.05) is 31.5 Å². The maximum atomic E-state index is 5.49. The first-order valence-corrected chi connectivity index (χ1v) is 8.39. The fraction of sp³-hybridized carbons (Fsp3) is 0.250. The van der Waals surface area contributed by atoms with Crippen molar-refractivity contribution in [1.82, 2.24) is 4.98 Å². The first-order valence-electron chi connectivity index (χ1n) is 8.39. The molecule has 122 valence electrons. The van der Waals surface area contributed by atoms with Gasteiger partial charge >= 0.3 is 0 Å². The molecule has 0 aliphatic carbocycles. The van der Waals surface area contributed by atoms with Crippen LogP contribution in [0.1, 0.15) is 19.8 Å². The number of hydrogen-bond acceptors (Lipinski definition) is 4. The van der Waals surface area contributed by atoms with Gasteiger partial charge in [-0.05, 0) is 36.8 Å². The van der Waals surface area contributed by atoms with Crippen molar-refractivity contribution in [2.75, 3.05) is 18.7 Å². The molecular formula is C20H20N2O2. The van der Waals surface area contributed by atoms with E-state index in [0.29, 0.717) is 0 Å². The number of ether oxygens (including phenoxy) is 2. The van der Waals surface area contributed by atoms with E-state index in [-0.39, 0.29) is 6.79 Å². The number of hydrogen-bond donors (Lipinski definition) is 1. The van der Waals surface area contributed by atoms with Crippen LogP contribution in [0.4, 0.5) is 5.69 Å². The molecule has 0 radical (unpaired) electrons. The third-order valence-corrected chi connectivity index (χ3v) is 4.23. The molecule has 1 aliphatic heterocycles. The lowest BCUT2D eigenvalue weighted by Crippen LogP contribution is -2.02. The zero-order valence-electron chi connectivity index (χ0n) is 13.7. The maximum absolute atomic E-state index is 5.49. The highest BCUT2D eigenvalue weighted by Gasteiger charge is 2.15. The Morgan fingerprint density at radius 1 is 1.04 bits per heavy atom. The fourth-order valence-electron chi connectivity index (χ4n) is 2.93. The molecule has 4 nitrogen and oxygen atoms in total. The van der Waals surface area contributed by atoms with Crippen LogP contribution < -0.4 is 14.8 Å². The lowest BCUT2D eigenvalue weighted by atomic mass is 10.1. The van der Waals surface area contributed by atoms with Gasteiger partial charge in [0.2, 0.25) is 6.79 Å². The molecule has 0 spiro atoms. The summed E-state index contributed by atoms with van der Waals surface area (Å²) in [4.78, 5) is 4.82. The second-order valence-electron chi connectivity index (χ2n) is 5.92. The maximum Gasteiger partial charge on any atom is 0.231 e. The molecule has 4 heteroatoms. The number of para-hydroxylation sites is 1. The molecule has 3 aromatic rings. The standard InChI is InChI=1S/C20H20N2O2/c1-2-3-10-21-18-12-17(22-16-7-5-4-6-15(16)18)14-8-9-19-20(11-14)24-13-23-19/h4-9,11-12H,2-3,10,13H2,1H3,(H,21,22). The highest BCUT2D eigenvalue weighted by atomic mass is 16.7. The van der Waals surface area contributed by atoms with Crippen LogP contribution in [-0.2, 0) is 0 Å². The van der Waals surface area contributed by atoms with Crippen LogP contribution in [0.15, 0.2) is 48.5 Å². The van der Waals surface area contributed by atoms with Gasteiger partial charge in [0, 0.05) is 23.2 Å². The largest absolute Gasteiger partial charge is 0.454 e. The van der Waals surface area contributed by atoms with Gasteiger partial charge in [0.1, 0.15) is 0 Å². The van der Waals surface area contributed by atoms with Crippen LogP contribution in [0, 0.1) is 0 Å². The molecule has 1 aromatic heterocycles. The molecular weight excluding hydrogens is 300 g/mol. The Kier molecular flexibility index (Phi) is 3.95. The van der Waals surface area contributed by atoms with Crippen molar-refractivity contribution < 1.29 is 9.47 Å². The Labute approximate surface area is 141 Å². The van der Waals surface area contributed by atoms with E-state index in [1.54, 1.807) is 0 Å². The highest BCUT2D eigenvalue weighted by molar-refractivity contribution is 5.93. The van der Waals surface area contributed by atoms with Crippen molar-refractivity contribution in [3.63, 3.8) is 0 Å². The van der Waals surface area contributed by atoms with Gasteiger partial charge in [-0.3, -0.25) is 0 Å². The van der Waals surface area contributed by atoms with Gasteiger partial charge in [0.25, 0.3) is 0 Å². The Morgan fingerprint density at radius 3 is 2.83 bits per heavy atom. The smallest absolute Gasteiger partial charge is 0.231 e. The first-order chi connectivity index (χ1) is 11.8. The molecule has 2 heterocycles. The lowest BCUT2D eigenvalue weighted by Gasteiger charge is -2.12. The minimum absolute atomic E-state index is 0.285. The second-order valence-corrected chi connectivity index (χ2v) is 5.92. The van der Waals surface area contributed by atoms with Crippen molar-refractivity contribution >= 4 is 16.6 Å². The topological polar surface area (TPSA) is 43.4 Å². The van der Waals surface area contributed by atoms with Gasteiger partial charge < -0.3 is 14.8 Å². The molecule has 0 amide bonds. The van der Waals surface area contributed by atoms with E-state index in [0.717, 1.165) is 52.3 Å². The summed E-state index contributed by atoms with van der Waals surface area (Å²) in [6.45, 7) is 3.45. The molecule has 24 heavy (non-hydrogen) atoms. The van der Waals surface area contributed by atoms with Crippen molar-refractivity contribution in [2.24, 2.45) is 0 Å².